The lowest BCUT2D eigenvalue weighted by atomic mass is 10.2. The Labute approximate surface area is 103 Å². The van der Waals surface area contributed by atoms with Crippen molar-refractivity contribution in [3.63, 3.8) is 0 Å². The van der Waals surface area contributed by atoms with E-state index in [-0.39, 0.29) is 23.8 Å². The van der Waals surface area contributed by atoms with Crippen molar-refractivity contribution in [1.29, 1.82) is 0 Å². The van der Waals surface area contributed by atoms with Gasteiger partial charge >= 0.3 is 0 Å². The summed E-state index contributed by atoms with van der Waals surface area (Å²) in [6.07, 6.45) is 3.93. The molecule has 1 amide bonds. The van der Waals surface area contributed by atoms with E-state index in [1.165, 1.54) is 12.8 Å². The number of amides is 1. The molecule has 0 spiro atoms. The van der Waals surface area contributed by atoms with Crippen LogP contribution in [-0.2, 0) is 4.79 Å². The summed E-state index contributed by atoms with van der Waals surface area (Å²) >= 11 is 1.71. The minimum absolute atomic E-state index is 0.0307. The molecule has 0 rings (SSSR count). The fraction of sp³-hybridized carbons (Fsp3) is 0.917. The number of hydrogen-bond donors (Lipinski definition) is 2. The second-order valence-corrected chi connectivity index (χ2v) is 5.59. The van der Waals surface area contributed by atoms with Gasteiger partial charge in [0.2, 0.25) is 5.91 Å². The zero-order chi connectivity index (χ0) is 12.4. The third kappa shape index (κ3) is 7.99. The van der Waals surface area contributed by atoms with Crippen LogP contribution in [0.1, 0.15) is 46.5 Å². The minimum Gasteiger partial charge on any atom is -0.396 e. The number of unbranched alkanes of at least 4 members (excludes halogenated alkanes) is 1. The maximum atomic E-state index is 11.7. The van der Waals surface area contributed by atoms with Gasteiger partial charge in [-0.25, -0.2) is 0 Å². The van der Waals surface area contributed by atoms with Crippen molar-refractivity contribution in [3.8, 4) is 0 Å². The Kier molecular flexibility index (Phi) is 9.83. The summed E-state index contributed by atoms with van der Waals surface area (Å²) in [6, 6.07) is 0.161. The maximum absolute atomic E-state index is 11.7. The summed E-state index contributed by atoms with van der Waals surface area (Å²) in [7, 11) is 0. The van der Waals surface area contributed by atoms with Gasteiger partial charge in [-0.05, 0) is 38.9 Å². The third-order valence-corrected chi connectivity index (χ3v) is 3.66. The van der Waals surface area contributed by atoms with Crippen molar-refractivity contribution in [2.45, 2.75) is 57.7 Å². The number of carbonyl (C=O) groups excluding carboxylic acids is 1. The highest BCUT2D eigenvalue weighted by molar-refractivity contribution is 8.00. The average molecular weight is 247 g/mol. The lowest BCUT2D eigenvalue weighted by Gasteiger charge is -2.16. The smallest absolute Gasteiger partial charge is 0.233 e. The number of aliphatic hydroxyl groups is 1. The van der Waals surface area contributed by atoms with Crippen molar-refractivity contribution in [2.75, 3.05) is 12.4 Å². The Hall–Kier alpha value is -0.220. The van der Waals surface area contributed by atoms with Gasteiger partial charge in [0, 0.05) is 12.6 Å². The normalized spacial score (nSPS) is 14.5. The Morgan fingerprint density at radius 1 is 1.38 bits per heavy atom. The number of thioether (sulfide) groups is 1. The van der Waals surface area contributed by atoms with E-state index < -0.39 is 0 Å². The van der Waals surface area contributed by atoms with Crippen molar-refractivity contribution in [2.24, 2.45) is 0 Å². The zero-order valence-electron chi connectivity index (χ0n) is 10.7. The summed E-state index contributed by atoms with van der Waals surface area (Å²) in [6.45, 7) is 6.29. The molecular weight excluding hydrogens is 222 g/mol. The lowest BCUT2D eigenvalue weighted by molar-refractivity contribution is -0.120. The van der Waals surface area contributed by atoms with Gasteiger partial charge in [0.1, 0.15) is 0 Å². The largest absolute Gasteiger partial charge is 0.396 e. The van der Waals surface area contributed by atoms with Crippen LogP contribution in [0.15, 0.2) is 0 Å². The van der Waals surface area contributed by atoms with Gasteiger partial charge in [0.15, 0.2) is 0 Å². The molecule has 0 aromatic rings. The third-order valence-electron chi connectivity index (χ3n) is 2.42. The molecule has 0 fully saturated rings. The molecular formula is C12H25NO2S. The number of hydrogen-bond acceptors (Lipinski definition) is 3. The summed E-state index contributed by atoms with van der Waals surface area (Å²) in [5, 5.41) is 11.7. The number of aliphatic hydroxyl groups excluding tert-OH is 1. The van der Waals surface area contributed by atoms with Crippen LogP contribution in [-0.4, -0.2) is 34.7 Å². The topological polar surface area (TPSA) is 49.3 Å². The highest BCUT2D eigenvalue weighted by Crippen LogP contribution is 2.13. The van der Waals surface area contributed by atoms with Gasteiger partial charge in [-0.2, -0.15) is 0 Å². The van der Waals surface area contributed by atoms with E-state index in [1.54, 1.807) is 11.8 Å². The molecule has 0 aliphatic heterocycles. The van der Waals surface area contributed by atoms with Crippen LogP contribution in [0.5, 0.6) is 0 Å². The lowest BCUT2D eigenvalue weighted by Crippen LogP contribution is -2.37. The first-order valence-electron chi connectivity index (χ1n) is 6.14. The zero-order valence-corrected chi connectivity index (χ0v) is 11.5. The Balaban J connectivity index is 3.68. The van der Waals surface area contributed by atoms with E-state index in [0.717, 1.165) is 18.6 Å². The summed E-state index contributed by atoms with van der Waals surface area (Å²) in [5.41, 5.74) is 0. The monoisotopic (exact) mass is 247 g/mol. The Morgan fingerprint density at radius 3 is 2.62 bits per heavy atom. The van der Waals surface area contributed by atoms with Gasteiger partial charge in [0.05, 0.1) is 5.25 Å². The number of carbonyl (C=O) groups is 1. The molecule has 2 atom stereocenters. The van der Waals surface area contributed by atoms with Crippen molar-refractivity contribution >= 4 is 17.7 Å². The van der Waals surface area contributed by atoms with E-state index in [1.807, 2.05) is 13.8 Å². The minimum atomic E-state index is 0.0307. The molecule has 0 bridgehead atoms. The van der Waals surface area contributed by atoms with E-state index in [2.05, 4.69) is 12.2 Å². The molecule has 3 nitrogen and oxygen atoms in total. The Morgan fingerprint density at radius 2 is 2.06 bits per heavy atom. The van der Waals surface area contributed by atoms with Crippen molar-refractivity contribution in [3.05, 3.63) is 0 Å². The molecule has 0 saturated heterocycles. The molecule has 0 aromatic carbocycles. The first-order valence-corrected chi connectivity index (χ1v) is 7.19. The summed E-state index contributed by atoms with van der Waals surface area (Å²) < 4.78 is 0. The quantitative estimate of drug-likeness (QED) is 0.614. The van der Waals surface area contributed by atoms with Crippen LogP contribution in [0.3, 0.4) is 0 Å². The summed E-state index contributed by atoms with van der Waals surface area (Å²) in [4.78, 5) is 11.7. The second-order valence-electron chi connectivity index (χ2n) is 4.14. The van der Waals surface area contributed by atoms with Gasteiger partial charge in [-0.15, -0.1) is 11.8 Å². The molecule has 0 aromatic heterocycles. The Bertz CT molecular complexity index is 188. The van der Waals surface area contributed by atoms with Crippen LogP contribution in [0.4, 0.5) is 0 Å². The van der Waals surface area contributed by atoms with Gasteiger partial charge in [-0.1, -0.05) is 13.3 Å². The average Bonchev–Trinajstić information content (AvgIpc) is 2.26. The van der Waals surface area contributed by atoms with E-state index in [4.69, 9.17) is 5.11 Å². The SMILES string of the molecule is CCCCS[C@@H](C)C(=O)N[C@H](C)CCCO. The molecule has 0 aliphatic rings. The molecule has 0 heterocycles. The summed E-state index contributed by atoms with van der Waals surface area (Å²) in [5.74, 6) is 1.17. The van der Waals surface area contributed by atoms with Gasteiger partial charge in [-0.3, -0.25) is 4.79 Å². The van der Waals surface area contributed by atoms with E-state index >= 15 is 0 Å². The van der Waals surface area contributed by atoms with Crippen LogP contribution < -0.4 is 5.32 Å². The fourth-order valence-electron chi connectivity index (χ4n) is 1.31. The highest BCUT2D eigenvalue weighted by Gasteiger charge is 2.14. The molecule has 4 heteroatoms. The highest BCUT2D eigenvalue weighted by atomic mass is 32.2. The molecule has 0 unspecified atom stereocenters. The second kappa shape index (κ2) is 9.97. The standard InChI is InChI=1S/C12H25NO2S/c1-4-5-9-16-11(3)12(15)13-10(2)7-6-8-14/h10-11,14H,4-9H2,1-3H3,(H,13,15)/t10-,11+/m1/s1. The van der Waals surface area contributed by atoms with Crippen molar-refractivity contribution < 1.29 is 9.90 Å². The van der Waals surface area contributed by atoms with E-state index in [9.17, 15) is 4.79 Å². The number of nitrogens with one attached hydrogen (secondary N) is 1. The predicted octanol–water partition coefficient (Wildman–Crippen LogP) is 2.19. The van der Waals surface area contributed by atoms with Crippen LogP contribution >= 0.6 is 11.8 Å². The fourth-order valence-corrected chi connectivity index (χ4v) is 2.34. The molecule has 96 valence electrons. The first kappa shape index (κ1) is 15.8. The van der Waals surface area contributed by atoms with Crippen LogP contribution in [0.25, 0.3) is 0 Å². The van der Waals surface area contributed by atoms with Crippen LogP contribution in [0, 0.1) is 0 Å². The van der Waals surface area contributed by atoms with Crippen molar-refractivity contribution in [1.82, 2.24) is 5.32 Å². The van der Waals surface area contributed by atoms with E-state index in [0.29, 0.717) is 0 Å². The molecule has 0 aliphatic carbocycles. The molecule has 16 heavy (non-hydrogen) atoms. The molecule has 2 N–H and O–H groups in total. The van der Waals surface area contributed by atoms with Crippen LogP contribution in [0.2, 0.25) is 0 Å². The first-order chi connectivity index (χ1) is 7.61. The molecule has 0 radical (unpaired) electrons. The number of rotatable bonds is 9. The van der Waals surface area contributed by atoms with Gasteiger partial charge in [0.25, 0.3) is 0 Å². The molecule has 0 saturated carbocycles. The van der Waals surface area contributed by atoms with Gasteiger partial charge < -0.3 is 10.4 Å². The maximum Gasteiger partial charge on any atom is 0.233 e. The predicted molar refractivity (Wildman–Crippen MR) is 70.8 cm³/mol.